The third kappa shape index (κ3) is 4.48. The fourth-order valence-corrected chi connectivity index (χ4v) is 2.34. The van der Waals surface area contributed by atoms with Crippen LogP contribution in [0.1, 0.15) is 19.4 Å². The lowest BCUT2D eigenvalue weighted by Crippen LogP contribution is -2.38. The summed E-state index contributed by atoms with van der Waals surface area (Å²) in [7, 11) is 0. The van der Waals surface area contributed by atoms with Crippen LogP contribution in [-0.2, 0) is 11.2 Å². The molecule has 0 saturated carbocycles. The first-order valence-electron chi connectivity index (χ1n) is 7.24. The van der Waals surface area contributed by atoms with Crippen LogP contribution >= 0.6 is 0 Å². The number of para-hydroxylation sites is 1. The van der Waals surface area contributed by atoms with E-state index in [1.54, 1.807) is 47.6 Å². The average Bonchev–Trinajstić information content (AvgIpc) is 2.49. The van der Waals surface area contributed by atoms with Gasteiger partial charge in [-0.15, -0.1) is 0 Å². The highest BCUT2D eigenvalue weighted by atomic mass is 19.3. The van der Waals surface area contributed by atoms with Crippen molar-refractivity contribution < 1.29 is 18.3 Å². The van der Waals surface area contributed by atoms with Gasteiger partial charge < -0.3 is 9.64 Å². The van der Waals surface area contributed by atoms with Crippen LogP contribution in [0.15, 0.2) is 48.8 Å². The van der Waals surface area contributed by atoms with Crippen LogP contribution in [0, 0.1) is 0 Å². The van der Waals surface area contributed by atoms with Crippen molar-refractivity contribution in [3.63, 3.8) is 0 Å². The number of carbonyl (C=O) groups excluding carboxylic acids is 1. The minimum atomic E-state index is -2.93. The van der Waals surface area contributed by atoms with Gasteiger partial charge in [-0.05, 0) is 32.0 Å². The van der Waals surface area contributed by atoms with Crippen LogP contribution < -0.4 is 9.64 Å². The van der Waals surface area contributed by atoms with Gasteiger partial charge in [0.25, 0.3) is 0 Å². The Morgan fingerprint density at radius 1 is 1.22 bits per heavy atom. The van der Waals surface area contributed by atoms with E-state index in [9.17, 15) is 13.6 Å². The van der Waals surface area contributed by atoms with Gasteiger partial charge in [-0.1, -0.05) is 18.2 Å². The second-order valence-corrected chi connectivity index (χ2v) is 5.23. The summed E-state index contributed by atoms with van der Waals surface area (Å²) < 4.78 is 29.4. The summed E-state index contributed by atoms with van der Waals surface area (Å²) in [6.45, 7) is 0.838. The van der Waals surface area contributed by atoms with E-state index in [0.29, 0.717) is 11.3 Å². The van der Waals surface area contributed by atoms with Crippen LogP contribution in [0.2, 0.25) is 0 Å². The summed E-state index contributed by atoms with van der Waals surface area (Å²) in [5.74, 6) is -0.191. The van der Waals surface area contributed by atoms with Gasteiger partial charge in [0.15, 0.2) is 0 Å². The first kappa shape index (κ1) is 16.9. The topological polar surface area (TPSA) is 42.4 Å². The summed E-state index contributed by atoms with van der Waals surface area (Å²) in [5.41, 5.74) is 1.09. The lowest BCUT2D eigenvalue weighted by molar-refractivity contribution is -0.118. The molecule has 0 spiro atoms. The zero-order valence-electron chi connectivity index (χ0n) is 12.9. The van der Waals surface area contributed by atoms with Gasteiger partial charge in [0.2, 0.25) is 5.91 Å². The minimum Gasteiger partial charge on any atom is -0.435 e. The van der Waals surface area contributed by atoms with E-state index in [4.69, 9.17) is 0 Å². The van der Waals surface area contributed by atoms with Gasteiger partial charge >= 0.3 is 6.61 Å². The molecule has 2 rings (SSSR count). The number of rotatable bonds is 6. The molecule has 0 saturated heterocycles. The number of pyridine rings is 1. The summed E-state index contributed by atoms with van der Waals surface area (Å²) in [6, 6.07) is 9.75. The number of anilines is 1. The number of carbonyl (C=O) groups is 1. The lowest BCUT2D eigenvalue weighted by Gasteiger charge is -2.27. The zero-order chi connectivity index (χ0) is 16.8. The largest absolute Gasteiger partial charge is 0.435 e. The Morgan fingerprint density at radius 2 is 1.96 bits per heavy atom. The lowest BCUT2D eigenvalue weighted by atomic mass is 10.1. The van der Waals surface area contributed by atoms with E-state index >= 15 is 0 Å². The van der Waals surface area contributed by atoms with E-state index < -0.39 is 6.61 Å². The molecule has 122 valence electrons. The number of alkyl halides is 2. The van der Waals surface area contributed by atoms with Crippen LogP contribution in [0.25, 0.3) is 0 Å². The van der Waals surface area contributed by atoms with Crippen molar-refractivity contribution in [3.8, 4) is 5.75 Å². The van der Waals surface area contributed by atoms with Gasteiger partial charge in [-0.2, -0.15) is 8.78 Å². The molecule has 1 amide bonds. The van der Waals surface area contributed by atoms with Crippen molar-refractivity contribution in [1.82, 2.24) is 4.98 Å². The van der Waals surface area contributed by atoms with Crippen molar-refractivity contribution in [1.29, 1.82) is 0 Å². The maximum absolute atomic E-state index is 12.6. The van der Waals surface area contributed by atoms with Crippen LogP contribution in [0.4, 0.5) is 14.5 Å². The number of amides is 1. The molecule has 0 fully saturated rings. The molecule has 0 radical (unpaired) electrons. The Balaban J connectivity index is 2.23. The molecule has 23 heavy (non-hydrogen) atoms. The van der Waals surface area contributed by atoms with E-state index in [1.807, 2.05) is 13.8 Å². The molecule has 1 heterocycles. The van der Waals surface area contributed by atoms with Crippen molar-refractivity contribution in [3.05, 3.63) is 54.4 Å². The summed E-state index contributed by atoms with van der Waals surface area (Å²) >= 11 is 0. The van der Waals surface area contributed by atoms with E-state index in [0.717, 1.165) is 0 Å². The molecule has 1 aromatic heterocycles. The molecule has 6 heteroatoms. The van der Waals surface area contributed by atoms with Crippen molar-refractivity contribution >= 4 is 11.6 Å². The Hall–Kier alpha value is -2.50. The van der Waals surface area contributed by atoms with Crippen molar-refractivity contribution in [2.75, 3.05) is 4.90 Å². The van der Waals surface area contributed by atoms with Crippen LogP contribution in [0.3, 0.4) is 0 Å². The van der Waals surface area contributed by atoms with Crippen LogP contribution in [0.5, 0.6) is 5.75 Å². The standard InChI is InChI=1S/C17H18F2N2O2/c1-12(2)21(14-7-5-9-20-11-14)16(22)10-13-6-3-4-8-15(13)23-17(18)19/h3-9,11-12,17H,10H2,1-2H3. The number of hydrogen-bond acceptors (Lipinski definition) is 3. The third-order valence-electron chi connectivity index (χ3n) is 3.24. The zero-order valence-corrected chi connectivity index (χ0v) is 12.9. The molecule has 4 nitrogen and oxygen atoms in total. The molecule has 0 N–H and O–H groups in total. The maximum atomic E-state index is 12.6. The molecule has 0 unspecified atom stereocenters. The SMILES string of the molecule is CC(C)N(C(=O)Cc1ccccc1OC(F)F)c1cccnc1. The number of hydrogen-bond donors (Lipinski definition) is 0. The molecule has 1 aromatic carbocycles. The van der Waals surface area contributed by atoms with Gasteiger partial charge in [0, 0.05) is 17.8 Å². The molecule has 0 aliphatic carbocycles. The molecular weight excluding hydrogens is 302 g/mol. The average molecular weight is 320 g/mol. The highest BCUT2D eigenvalue weighted by molar-refractivity contribution is 5.95. The molecular formula is C17H18F2N2O2. The molecule has 2 aromatic rings. The van der Waals surface area contributed by atoms with Crippen molar-refractivity contribution in [2.45, 2.75) is 32.9 Å². The smallest absolute Gasteiger partial charge is 0.387 e. The van der Waals surface area contributed by atoms with E-state index in [1.165, 1.54) is 6.07 Å². The highest BCUT2D eigenvalue weighted by Crippen LogP contribution is 2.23. The van der Waals surface area contributed by atoms with E-state index in [-0.39, 0.29) is 24.1 Å². The normalized spacial score (nSPS) is 10.9. The molecule has 0 aliphatic rings. The monoisotopic (exact) mass is 320 g/mol. The van der Waals surface area contributed by atoms with Gasteiger partial charge in [-0.25, -0.2) is 0 Å². The Kier molecular flexibility index (Phi) is 5.62. The molecule has 0 bridgehead atoms. The number of halogens is 2. The maximum Gasteiger partial charge on any atom is 0.387 e. The summed E-state index contributed by atoms with van der Waals surface area (Å²) in [4.78, 5) is 18.3. The van der Waals surface area contributed by atoms with Gasteiger partial charge in [0.05, 0.1) is 18.3 Å². The Morgan fingerprint density at radius 3 is 2.57 bits per heavy atom. The van der Waals surface area contributed by atoms with Gasteiger partial charge in [-0.3, -0.25) is 9.78 Å². The minimum absolute atomic E-state index is 0.0192. The predicted molar refractivity (Wildman–Crippen MR) is 83.6 cm³/mol. The third-order valence-corrected chi connectivity index (χ3v) is 3.24. The first-order valence-corrected chi connectivity index (χ1v) is 7.24. The Labute approximate surface area is 133 Å². The first-order chi connectivity index (χ1) is 11.0. The number of ether oxygens (including phenoxy) is 1. The van der Waals surface area contributed by atoms with Crippen molar-refractivity contribution in [2.24, 2.45) is 0 Å². The van der Waals surface area contributed by atoms with Crippen LogP contribution in [-0.4, -0.2) is 23.5 Å². The quantitative estimate of drug-likeness (QED) is 0.815. The summed E-state index contributed by atoms with van der Waals surface area (Å²) in [6.07, 6.45) is 3.19. The second kappa shape index (κ2) is 7.67. The van der Waals surface area contributed by atoms with E-state index in [2.05, 4.69) is 9.72 Å². The predicted octanol–water partition coefficient (Wildman–Crippen LogP) is 3.67. The molecule has 0 aliphatic heterocycles. The fourth-order valence-electron chi connectivity index (χ4n) is 2.34. The second-order valence-electron chi connectivity index (χ2n) is 5.23. The highest BCUT2D eigenvalue weighted by Gasteiger charge is 2.21. The summed E-state index contributed by atoms with van der Waals surface area (Å²) in [5, 5.41) is 0. The number of benzene rings is 1. The van der Waals surface area contributed by atoms with Gasteiger partial charge in [0.1, 0.15) is 5.75 Å². The Bertz CT molecular complexity index is 648. The molecule has 0 atom stereocenters. The number of aromatic nitrogens is 1. The number of nitrogens with zero attached hydrogens (tertiary/aromatic N) is 2. The fraction of sp³-hybridized carbons (Fsp3) is 0.294.